The standard InChI is InChI=1S/C12H17NO/c1-9-4-5-12-10(6-9)7-11(8-14-12)13(2)3/h4-6,11H,7-8H2,1-3H3/t11-/m1/s1. The molecule has 0 N–H and O–H groups in total. The van der Waals surface area contributed by atoms with Gasteiger partial charge in [0.15, 0.2) is 0 Å². The van der Waals surface area contributed by atoms with Gasteiger partial charge >= 0.3 is 0 Å². The predicted molar refractivity (Wildman–Crippen MR) is 57.9 cm³/mol. The molecule has 0 saturated heterocycles. The lowest BCUT2D eigenvalue weighted by Crippen LogP contribution is -2.38. The Morgan fingerprint density at radius 3 is 2.86 bits per heavy atom. The number of likely N-dealkylation sites (N-methyl/N-ethyl adjacent to an activating group) is 1. The molecular weight excluding hydrogens is 174 g/mol. The SMILES string of the molecule is Cc1ccc2c(c1)C[C@@H](N(C)C)CO2. The van der Waals surface area contributed by atoms with Crippen molar-refractivity contribution < 1.29 is 4.74 Å². The van der Waals surface area contributed by atoms with Crippen LogP contribution in [-0.4, -0.2) is 31.6 Å². The van der Waals surface area contributed by atoms with Crippen LogP contribution in [0.3, 0.4) is 0 Å². The predicted octanol–water partition coefficient (Wildman–Crippen LogP) is 1.86. The van der Waals surface area contributed by atoms with E-state index in [0.29, 0.717) is 6.04 Å². The van der Waals surface area contributed by atoms with Crippen molar-refractivity contribution >= 4 is 0 Å². The van der Waals surface area contributed by atoms with Crippen molar-refractivity contribution in [3.8, 4) is 5.75 Å². The van der Waals surface area contributed by atoms with Crippen LogP contribution in [0.5, 0.6) is 5.75 Å². The van der Waals surface area contributed by atoms with Gasteiger partial charge in [-0.25, -0.2) is 0 Å². The van der Waals surface area contributed by atoms with Gasteiger partial charge in [0.25, 0.3) is 0 Å². The zero-order valence-electron chi connectivity index (χ0n) is 9.08. The van der Waals surface area contributed by atoms with Gasteiger partial charge in [0.2, 0.25) is 0 Å². The van der Waals surface area contributed by atoms with E-state index in [1.807, 2.05) is 0 Å². The lowest BCUT2D eigenvalue weighted by molar-refractivity contribution is 0.165. The van der Waals surface area contributed by atoms with Gasteiger partial charge in [0, 0.05) is 6.04 Å². The molecule has 1 atom stereocenters. The van der Waals surface area contributed by atoms with Crippen LogP contribution in [0.15, 0.2) is 18.2 Å². The number of aryl methyl sites for hydroxylation is 1. The highest BCUT2D eigenvalue weighted by molar-refractivity contribution is 5.38. The summed E-state index contributed by atoms with van der Waals surface area (Å²) in [5, 5.41) is 0. The zero-order valence-corrected chi connectivity index (χ0v) is 9.08. The number of benzene rings is 1. The van der Waals surface area contributed by atoms with Crippen LogP contribution in [-0.2, 0) is 6.42 Å². The number of hydrogen-bond acceptors (Lipinski definition) is 2. The molecule has 1 aromatic rings. The van der Waals surface area contributed by atoms with Crippen LogP contribution in [0.2, 0.25) is 0 Å². The maximum atomic E-state index is 5.71. The highest BCUT2D eigenvalue weighted by Crippen LogP contribution is 2.26. The fraction of sp³-hybridized carbons (Fsp3) is 0.500. The van der Waals surface area contributed by atoms with Gasteiger partial charge in [-0.05, 0) is 39.1 Å². The summed E-state index contributed by atoms with van der Waals surface area (Å²) in [5.74, 6) is 1.06. The smallest absolute Gasteiger partial charge is 0.122 e. The van der Waals surface area contributed by atoms with Crippen LogP contribution in [0.4, 0.5) is 0 Å². The van der Waals surface area contributed by atoms with Crippen molar-refractivity contribution in [2.45, 2.75) is 19.4 Å². The van der Waals surface area contributed by atoms with Crippen LogP contribution >= 0.6 is 0 Å². The van der Waals surface area contributed by atoms with Gasteiger partial charge < -0.3 is 9.64 Å². The summed E-state index contributed by atoms with van der Waals surface area (Å²) in [5.41, 5.74) is 2.65. The lowest BCUT2D eigenvalue weighted by Gasteiger charge is -2.30. The summed E-state index contributed by atoms with van der Waals surface area (Å²) in [6.07, 6.45) is 1.10. The molecule has 0 unspecified atom stereocenters. The van der Waals surface area contributed by atoms with Gasteiger partial charge in [-0.3, -0.25) is 0 Å². The monoisotopic (exact) mass is 191 g/mol. The van der Waals surface area contributed by atoms with E-state index >= 15 is 0 Å². The summed E-state index contributed by atoms with van der Waals surface area (Å²) >= 11 is 0. The first-order valence-corrected chi connectivity index (χ1v) is 5.05. The van der Waals surface area contributed by atoms with Crippen LogP contribution in [0.1, 0.15) is 11.1 Å². The van der Waals surface area contributed by atoms with E-state index in [9.17, 15) is 0 Å². The molecule has 0 amide bonds. The zero-order chi connectivity index (χ0) is 10.1. The van der Waals surface area contributed by atoms with E-state index in [1.165, 1.54) is 11.1 Å². The fourth-order valence-electron chi connectivity index (χ4n) is 1.84. The molecule has 0 spiro atoms. The molecule has 0 aromatic heterocycles. The van der Waals surface area contributed by atoms with Crippen LogP contribution in [0.25, 0.3) is 0 Å². The van der Waals surface area contributed by atoms with Crippen molar-refractivity contribution in [2.75, 3.05) is 20.7 Å². The van der Waals surface area contributed by atoms with Crippen molar-refractivity contribution in [2.24, 2.45) is 0 Å². The molecule has 1 aliphatic rings. The Morgan fingerprint density at radius 2 is 2.14 bits per heavy atom. The topological polar surface area (TPSA) is 12.5 Å². The van der Waals surface area contributed by atoms with E-state index in [2.05, 4.69) is 44.1 Å². The summed E-state index contributed by atoms with van der Waals surface area (Å²) < 4.78 is 5.71. The summed E-state index contributed by atoms with van der Waals surface area (Å²) in [6, 6.07) is 6.93. The molecule has 1 heterocycles. The number of fused-ring (bicyclic) bond motifs is 1. The summed E-state index contributed by atoms with van der Waals surface area (Å²) in [7, 11) is 4.21. The first-order valence-electron chi connectivity index (χ1n) is 5.05. The molecule has 2 nitrogen and oxygen atoms in total. The van der Waals surface area contributed by atoms with Crippen molar-refractivity contribution in [3.05, 3.63) is 29.3 Å². The molecule has 2 rings (SSSR count). The van der Waals surface area contributed by atoms with Gasteiger partial charge in [0.05, 0.1) is 0 Å². The second-order valence-electron chi connectivity index (χ2n) is 4.24. The number of ether oxygens (including phenoxy) is 1. The first kappa shape index (κ1) is 9.53. The normalized spacial score (nSPS) is 20.4. The molecule has 0 saturated carbocycles. The Bertz CT molecular complexity index is 333. The molecule has 0 radical (unpaired) electrons. The van der Waals surface area contributed by atoms with Gasteiger partial charge in [-0.2, -0.15) is 0 Å². The first-order chi connectivity index (χ1) is 6.66. The van der Waals surface area contributed by atoms with E-state index in [4.69, 9.17) is 4.74 Å². The molecule has 0 fully saturated rings. The molecule has 2 heteroatoms. The Kier molecular flexibility index (Phi) is 2.46. The largest absolute Gasteiger partial charge is 0.492 e. The minimum atomic E-state index is 0.518. The minimum Gasteiger partial charge on any atom is -0.492 e. The Balaban J connectivity index is 2.24. The molecule has 14 heavy (non-hydrogen) atoms. The quantitative estimate of drug-likeness (QED) is 0.672. The highest BCUT2D eigenvalue weighted by atomic mass is 16.5. The van der Waals surface area contributed by atoms with Crippen LogP contribution in [0, 0.1) is 6.92 Å². The molecule has 0 aliphatic carbocycles. The second kappa shape index (κ2) is 3.62. The van der Waals surface area contributed by atoms with E-state index in [1.54, 1.807) is 0 Å². The summed E-state index contributed by atoms with van der Waals surface area (Å²) in [6.45, 7) is 2.93. The Labute approximate surface area is 85.5 Å². The fourth-order valence-corrected chi connectivity index (χ4v) is 1.84. The van der Waals surface area contributed by atoms with Crippen LogP contribution < -0.4 is 4.74 Å². The number of nitrogens with zero attached hydrogens (tertiary/aromatic N) is 1. The molecule has 1 aliphatic heterocycles. The second-order valence-corrected chi connectivity index (χ2v) is 4.24. The molecule has 76 valence electrons. The van der Waals surface area contributed by atoms with Gasteiger partial charge in [-0.15, -0.1) is 0 Å². The van der Waals surface area contributed by atoms with E-state index < -0.39 is 0 Å². The van der Waals surface area contributed by atoms with Gasteiger partial charge in [-0.1, -0.05) is 17.7 Å². The van der Waals surface area contributed by atoms with Gasteiger partial charge in [0.1, 0.15) is 12.4 Å². The summed E-state index contributed by atoms with van der Waals surface area (Å²) in [4.78, 5) is 2.23. The third-order valence-corrected chi connectivity index (χ3v) is 2.83. The Morgan fingerprint density at radius 1 is 1.36 bits per heavy atom. The average Bonchev–Trinajstić information content (AvgIpc) is 2.16. The maximum Gasteiger partial charge on any atom is 0.122 e. The number of hydrogen-bond donors (Lipinski definition) is 0. The van der Waals surface area contributed by atoms with E-state index in [-0.39, 0.29) is 0 Å². The van der Waals surface area contributed by atoms with Crippen molar-refractivity contribution in [1.82, 2.24) is 4.90 Å². The average molecular weight is 191 g/mol. The maximum absolute atomic E-state index is 5.71. The molecule has 1 aromatic carbocycles. The minimum absolute atomic E-state index is 0.518. The molecule has 0 bridgehead atoms. The Hall–Kier alpha value is -1.02. The third kappa shape index (κ3) is 1.75. The third-order valence-electron chi connectivity index (χ3n) is 2.83. The lowest BCUT2D eigenvalue weighted by atomic mass is 10.0. The molecular formula is C12H17NO. The van der Waals surface area contributed by atoms with E-state index in [0.717, 1.165) is 18.8 Å². The number of rotatable bonds is 1. The van der Waals surface area contributed by atoms with Crippen molar-refractivity contribution in [3.63, 3.8) is 0 Å². The highest BCUT2D eigenvalue weighted by Gasteiger charge is 2.20. The van der Waals surface area contributed by atoms with Crippen molar-refractivity contribution in [1.29, 1.82) is 0 Å².